The molecule has 2 rings (SSSR count). The lowest BCUT2D eigenvalue weighted by atomic mass is 10.1. The maximum absolute atomic E-state index is 12.2. The van der Waals surface area contributed by atoms with E-state index in [9.17, 15) is 9.59 Å². The van der Waals surface area contributed by atoms with Gasteiger partial charge in [0.05, 0.1) is 17.9 Å². The molecule has 2 amide bonds. The molecule has 5 heteroatoms. The maximum atomic E-state index is 12.2. The fraction of sp³-hybridized carbons (Fsp3) is 0.176. The van der Waals surface area contributed by atoms with Crippen LogP contribution in [0.2, 0.25) is 0 Å². The summed E-state index contributed by atoms with van der Waals surface area (Å²) < 4.78 is 0. The molecule has 0 saturated heterocycles. The Balaban J connectivity index is 2.18. The molecule has 1 unspecified atom stereocenters. The third-order valence-electron chi connectivity index (χ3n) is 3.11. The van der Waals surface area contributed by atoms with Gasteiger partial charge in [-0.25, -0.2) is 0 Å². The van der Waals surface area contributed by atoms with Crippen molar-refractivity contribution in [1.82, 2.24) is 5.32 Å². The van der Waals surface area contributed by atoms with Crippen molar-refractivity contribution in [2.24, 2.45) is 0 Å². The predicted molar refractivity (Wildman–Crippen MR) is 84.9 cm³/mol. The van der Waals surface area contributed by atoms with Crippen LogP contribution < -0.4 is 10.6 Å². The molecule has 3 N–H and O–H groups in total. The smallest absolute Gasteiger partial charge is 0.255 e. The number of aliphatic hydroxyl groups excluding tert-OH is 1. The quantitative estimate of drug-likeness (QED) is 0.790. The van der Waals surface area contributed by atoms with Crippen LogP contribution in [-0.4, -0.2) is 29.6 Å². The highest BCUT2D eigenvalue weighted by molar-refractivity contribution is 6.09. The summed E-state index contributed by atoms with van der Waals surface area (Å²) in [5.74, 6) is -0.624. The second kappa shape index (κ2) is 7.38. The van der Waals surface area contributed by atoms with Crippen molar-refractivity contribution >= 4 is 17.5 Å². The van der Waals surface area contributed by atoms with Gasteiger partial charge in [-0.15, -0.1) is 0 Å². The van der Waals surface area contributed by atoms with E-state index in [2.05, 4.69) is 10.6 Å². The minimum Gasteiger partial charge on any atom is -0.394 e. The number of hydrogen-bond donors (Lipinski definition) is 3. The van der Waals surface area contributed by atoms with Crippen LogP contribution in [0.25, 0.3) is 0 Å². The molecule has 5 nitrogen and oxygen atoms in total. The highest BCUT2D eigenvalue weighted by Crippen LogP contribution is 2.16. The highest BCUT2D eigenvalue weighted by atomic mass is 16.3. The molecule has 0 saturated carbocycles. The van der Waals surface area contributed by atoms with Crippen molar-refractivity contribution in [3.05, 3.63) is 65.7 Å². The molecule has 2 aromatic carbocycles. The van der Waals surface area contributed by atoms with Crippen LogP contribution in [0.1, 0.15) is 27.6 Å². The molecule has 0 heterocycles. The van der Waals surface area contributed by atoms with Crippen LogP contribution >= 0.6 is 0 Å². The SMILES string of the molecule is CC(CO)NC(=O)c1ccccc1NC(=O)c1ccccc1. The van der Waals surface area contributed by atoms with Gasteiger partial charge in [0, 0.05) is 11.6 Å². The fourth-order valence-electron chi connectivity index (χ4n) is 1.92. The first-order chi connectivity index (χ1) is 10.6. The van der Waals surface area contributed by atoms with Gasteiger partial charge in [0.1, 0.15) is 0 Å². The van der Waals surface area contributed by atoms with Gasteiger partial charge in [-0.3, -0.25) is 9.59 Å². The Labute approximate surface area is 129 Å². The maximum Gasteiger partial charge on any atom is 0.255 e. The van der Waals surface area contributed by atoms with Gasteiger partial charge in [0.2, 0.25) is 0 Å². The zero-order valence-corrected chi connectivity index (χ0v) is 12.2. The first-order valence-corrected chi connectivity index (χ1v) is 6.99. The van der Waals surface area contributed by atoms with Crippen LogP contribution in [0.4, 0.5) is 5.69 Å². The van der Waals surface area contributed by atoms with E-state index < -0.39 is 0 Å². The van der Waals surface area contributed by atoms with E-state index in [1.165, 1.54) is 0 Å². The molecule has 0 aliphatic rings. The Hall–Kier alpha value is -2.66. The zero-order valence-electron chi connectivity index (χ0n) is 12.2. The summed E-state index contributed by atoms with van der Waals surface area (Å²) in [6.45, 7) is 1.55. The van der Waals surface area contributed by atoms with Crippen LogP contribution in [0.5, 0.6) is 0 Å². The second-order valence-electron chi connectivity index (χ2n) is 4.92. The second-order valence-corrected chi connectivity index (χ2v) is 4.92. The number of nitrogens with one attached hydrogen (secondary N) is 2. The highest BCUT2D eigenvalue weighted by Gasteiger charge is 2.15. The van der Waals surface area contributed by atoms with E-state index in [4.69, 9.17) is 5.11 Å². The van der Waals surface area contributed by atoms with Crippen molar-refractivity contribution in [3.8, 4) is 0 Å². The molecule has 114 valence electrons. The number of para-hydroxylation sites is 1. The Morgan fingerprint density at radius 1 is 1.00 bits per heavy atom. The third kappa shape index (κ3) is 3.93. The number of anilines is 1. The van der Waals surface area contributed by atoms with E-state index in [1.54, 1.807) is 55.5 Å². The molecule has 2 aromatic rings. The Morgan fingerprint density at radius 2 is 1.64 bits per heavy atom. The normalized spacial score (nSPS) is 11.5. The first kappa shape index (κ1) is 15.7. The number of hydrogen-bond acceptors (Lipinski definition) is 3. The number of carbonyl (C=O) groups excluding carboxylic acids is 2. The predicted octanol–water partition coefficient (Wildman–Crippen LogP) is 2.05. The molecule has 0 radical (unpaired) electrons. The van der Waals surface area contributed by atoms with Crippen molar-refractivity contribution < 1.29 is 14.7 Å². The molecule has 1 atom stereocenters. The zero-order chi connectivity index (χ0) is 15.9. The number of carbonyl (C=O) groups is 2. The minimum absolute atomic E-state index is 0.149. The number of amides is 2. The average Bonchev–Trinajstić information content (AvgIpc) is 2.55. The van der Waals surface area contributed by atoms with E-state index in [1.807, 2.05) is 6.07 Å². The fourth-order valence-corrected chi connectivity index (χ4v) is 1.92. The summed E-state index contributed by atoms with van der Waals surface area (Å²) in [5, 5.41) is 14.4. The summed E-state index contributed by atoms with van der Waals surface area (Å²) in [5.41, 5.74) is 1.30. The Morgan fingerprint density at radius 3 is 2.32 bits per heavy atom. The van der Waals surface area contributed by atoms with Gasteiger partial charge < -0.3 is 15.7 Å². The molecule has 0 bridgehead atoms. The van der Waals surface area contributed by atoms with Crippen molar-refractivity contribution in [2.75, 3.05) is 11.9 Å². The molecule has 22 heavy (non-hydrogen) atoms. The van der Waals surface area contributed by atoms with Gasteiger partial charge in [-0.05, 0) is 31.2 Å². The molecule has 0 spiro atoms. The number of rotatable bonds is 5. The topological polar surface area (TPSA) is 78.4 Å². The van der Waals surface area contributed by atoms with E-state index in [0.29, 0.717) is 16.8 Å². The number of benzene rings is 2. The molecular formula is C17H18N2O3. The van der Waals surface area contributed by atoms with E-state index in [0.717, 1.165) is 0 Å². The third-order valence-corrected chi connectivity index (χ3v) is 3.11. The molecule has 0 aliphatic carbocycles. The summed E-state index contributed by atoms with van der Waals surface area (Å²) in [4.78, 5) is 24.4. The standard InChI is InChI=1S/C17H18N2O3/c1-12(11-20)18-17(22)14-9-5-6-10-15(14)19-16(21)13-7-3-2-4-8-13/h2-10,12,20H,11H2,1H3,(H,18,22)(H,19,21). The summed E-state index contributed by atoms with van der Waals surface area (Å²) >= 11 is 0. The van der Waals surface area contributed by atoms with Gasteiger partial charge in [-0.2, -0.15) is 0 Å². The van der Waals surface area contributed by atoms with Crippen molar-refractivity contribution in [1.29, 1.82) is 0 Å². The lowest BCUT2D eigenvalue weighted by Gasteiger charge is -2.14. The van der Waals surface area contributed by atoms with Gasteiger partial charge in [0.15, 0.2) is 0 Å². The van der Waals surface area contributed by atoms with Crippen LogP contribution in [0.3, 0.4) is 0 Å². The van der Waals surface area contributed by atoms with Crippen molar-refractivity contribution in [3.63, 3.8) is 0 Å². The lowest BCUT2D eigenvalue weighted by molar-refractivity contribution is 0.0923. The first-order valence-electron chi connectivity index (χ1n) is 6.99. The Bertz CT molecular complexity index is 656. The molecule has 0 fully saturated rings. The largest absolute Gasteiger partial charge is 0.394 e. The molecular weight excluding hydrogens is 280 g/mol. The minimum atomic E-state index is -0.356. The summed E-state index contributed by atoms with van der Waals surface area (Å²) in [6, 6.07) is 15.2. The Kier molecular flexibility index (Phi) is 5.27. The molecule has 0 aromatic heterocycles. The van der Waals surface area contributed by atoms with Crippen molar-refractivity contribution in [2.45, 2.75) is 13.0 Å². The van der Waals surface area contributed by atoms with Crippen LogP contribution in [-0.2, 0) is 0 Å². The lowest BCUT2D eigenvalue weighted by Crippen LogP contribution is -2.35. The van der Waals surface area contributed by atoms with Gasteiger partial charge in [-0.1, -0.05) is 30.3 Å². The van der Waals surface area contributed by atoms with Crippen LogP contribution in [0, 0.1) is 0 Å². The van der Waals surface area contributed by atoms with Crippen LogP contribution in [0.15, 0.2) is 54.6 Å². The van der Waals surface area contributed by atoms with E-state index in [-0.39, 0.29) is 24.5 Å². The monoisotopic (exact) mass is 298 g/mol. The average molecular weight is 298 g/mol. The molecule has 0 aliphatic heterocycles. The van der Waals surface area contributed by atoms with E-state index >= 15 is 0 Å². The summed E-state index contributed by atoms with van der Waals surface area (Å²) in [6.07, 6.45) is 0. The van der Waals surface area contributed by atoms with Gasteiger partial charge >= 0.3 is 0 Å². The number of aliphatic hydroxyl groups is 1. The summed E-state index contributed by atoms with van der Waals surface area (Å²) in [7, 11) is 0. The van der Waals surface area contributed by atoms with Gasteiger partial charge in [0.25, 0.3) is 11.8 Å².